The Bertz CT molecular complexity index is 403. The number of carbonyl (C=O) groups excluding carboxylic acids is 1. The molecule has 4 saturated carbocycles. The third-order valence-corrected chi connectivity index (χ3v) is 8.20. The Morgan fingerprint density at radius 3 is 1.81 bits per heavy atom. The van der Waals surface area contributed by atoms with Crippen LogP contribution in [0.5, 0.6) is 0 Å². The Hall–Kier alpha value is -0.330. The molecule has 0 aromatic heterocycles. The second-order valence-corrected chi connectivity index (χ2v) is 9.73. The Balaban J connectivity index is 1.54. The minimum Gasteiger partial charge on any atom is -0.299 e. The zero-order valence-electron chi connectivity index (χ0n) is 14.9. The molecule has 21 heavy (non-hydrogen) atoms. The lowest BCUT2D eigenvalue weighted by molar-refractivity contribution is -0.122. The van der Waals surface area contributed by atoms with Crippen LogP contribution in [0.15, 0.2) is 0 Å². The van der Waals surface area contributed by atoms with Crippen molar-refractivity contribution in [1.82, 2.24) is 0 Å². The quantitative estimate of drug-likeness (QED) is 0.683. The first-order valence-electron chi connectivity index (χ1n) is 9.19. The van der Waals surface area contributed by atoms with Crippen LogP contribution in [0.2, 0.25) is 0 Å². The average Bonchev–Trinajstić information content (AvgIpc) is 2.86. The summed E-state index contributed by atoms with van der Waals surface area (Å²) >= 11 is 0. The average molecular weight is 290 g/mol. The molecule has 0 heterocycles. The second kappa shape index (κ2) is 4.83. The van der Waals surface area contributed by atoms with Gasteiger partial charge in [0.2, 0.25) is 0 Å². The number of hydrogen-bond donors (Lipinski definition) is 0. The number of fused-ring (bicyclic) bond motifs is 3. The molecule has 0 radical (unpaired) electrons. The lowest BCUT2D eigenvalue weighted by Gasteiger charge is -2.43. The molecule has 0 spiro atoms. The SMILES string of the molecule is CC1CC2CC(CC1C)C2CCC(=O)C1C(C)(C)C1(C)C. The molecule has 0 aromatic rings. The van der Waals surface area contributed by atoms with Crippen LogP contribution in [0, 0.1) is 46.3 Å². The van der Waals surface area contributed by atoms with Gasteiger partial charge in [-0.3, -0.25) is 4.79 Å². The van der Waals surface area contributed by atoms with Crippen molar-refractivity contribution in [3.05, 3.63) is 0 Å². The van der Waals surface area contributed by atoms with E-state index in [2.05, 4.69) is 41.5 Å². The highest BCUT2D eigenvalue weighted by molar-refractivity contribution is 5.86. The van der Waals surface area contributed by atoms with Crippen molar-refractivity contribution in [2.75, 3.05) is 0 Å². The van der Waals surface area contributed by atoms with E-state index in [9.17, 15) is 4.79 Å². The van der Waals surface area contributed by atoms with Crippen LogP contribution in [-0.4, -0.2) is 5.78 Å². The van der Waals surface area contributed by atoms with Gasteiger partial charge in [-0.1, -0.05) is 41.5 Å². The van der Waals surface area contributed by atoms with Crippen molar-refractivity contribution in [3.63, 3.8) is 0 Å². The molecule has 0 aromatic carbocycles. The minimum absolute atomic E-state index is 0.222. The molecular formula is C20H34O. The van der Waals surface area contributed by atoms with Gasteiger partial charge in [0.05, 0.1) is 0 Å². The first kappa shape index (κ1) is 15.6. The predicted molar refractivity (Wildman–Crippen MR) is 87.9 cm³/mol. The molecule has 4 atom stereocenters. The largest absolute Gasteiger partial charge is 0.299 e. The van der Waals surface area contributed by atoms with Crippen molar-refractivity contribution in [2.24, 2.45) is 46.3 Å². The van der Waals surface area contributed by atoms with Gasteiger partial charge in [-0.15, -0.1) is 0 Å². The van der Waals surface area contributed by atoms with Crippen LogP contribution in [-0.2, 0) is 4.79 Å². The summed E-state index contributed by atoms with van der Waals surface area (Å²) in [5, 5.41) is 0. The summed E-state index contributed by atoms with van der Waals surface area (Å²) in [5.41, 5.74) is 0.443. The van der Waals surface area contributed by atoms with E-state index in [0.717, 1.165) is 36.0 Å². The van der Waals surface area contributed by atoms with E-state index in [-0.39, 0.29) is 10.8 Å². The molecule has 120 valence electrons. The molecule has 0 saturated heterocycles. The fourth-order valence-corrected chi connectivity index (χ4v) is 5.82. The highest BCUT2D eigenvalue weighted by Crippen LogP contribution is 2.69. The number of rotatable bonds is 4. The van der Waals surface area contributed by atoms with E-state index in [0.29, 0.717) is 11.7 Å². The Morgan fingerprint density at radius 1 is 0.905 bits per heavy atom. The van der Waals surface area contributed by atoms with Crippen molar-refractivity contribution >= 4 is 5.78 Å². The lowest BCUT2D eigenvalue weighted by atomic mass is 9.62. The van der Waals surface area contributed by atoms with Gasteiger partial charge in [0.1, 0.15) is 5.78 Å². The normalized spacial score (nSPS) is 43.8. The summed E-state index contributed by atoms with van der Waals surface area (Å²) in [7, 11) is 0. The van der Waals surface area contributed by atoms with Crippen molar-refractivity contribution in [1.29, 1.82) is 0 Å². The van der Waals surface area contributed by atoms with Gasteiger partial charge in [-0.05, 0) is 66.1 Å². The van der Waals surface area contributed by atoms with Gasteiger partial charge in [-0.25, -0.2) is 0 Å². The smallest absolute Gasteiger partial charge is 0.137 e. The number of carbonyl (C=O) groups is 1. The zero-order valence-corrected chi connectivity index (χ0v) is 14.9. The molecule has 4 rings (SSSR count). The summed E-state index contributed by atoms with van der Waals surface area (Å²) in [5.74, 6) is 5.38. The summed E-state index contributed by atoms with van der Waals surface area (Å²) < 4.78 is 0. The highest BCUT2D eigenvalue weighted by Gasteiger charge is 2.67. The molecule has 4 aliphatic rings. The van der Waals surface area contributed by atoms with Crippen LogP contribution in [0.4, 0.5) is 0 Å². The maximum Gasteiger partial charge on any atom is 0.137 e. The minimum atomic E-state index is 0.222. The first-order chi connectivity index (χ1) is 9.66. The van der Waals surface area contributed by atoms with Gasteiger partial charge in [-0.2, -0.15) is 0 Å². The van der Waals surface area contributed by atoms with E-state index in [1.54, 1.807) is 0 Å². The van der Waals surface area contributed by atoms with Crippen LogP contribution >= 0.6 is 0 Å². The molecule has 0 N–H and O–H groups in total. The van der Waals surface area contributed by atoms with Crippen molar-refractivity contribution in [3.8, 4) is 0 Å². The van der Waals surface area contributed by atoms with Crippen molar-refractivity contribution < 1.29 is 4.79 Å². The fraction of sp³-hybridized carbons (Fsp3) is 0.950. The summed E-state index contributed by atoms with van der Waals surface area (Å²) in [6.45, 7) is 13.9. The van der Waals surface area contributed by atoms with E-state index < -0.39 is 0 Å². The molecule has 1 nitrogen and oxygen atoms in total. The predicted octanol–water partition coefficient (Wildman–Crippen LogP) is 5.34. The maximum absolute atomic E-state index is 12.6. The first-order valence-corrected chi connectivity index (χ1v) is 9.19. The Kier molecular flexibility index (Phi) is 3.58. The maximum atomic E-state index is 12.6. The lowest BCUT2D eigenvalue weighted by Crippen LogP contribution is -2.35. The molecular weight excluding hydrogens is 256 g/mol. The molecule has 1 heteroatoms. The van der Waals surface area contributed by atoms with Gasteiger partial charge < -0.3 is 0 Å². The zero-order chi connectivity index (χ0) is 15.6. The second-order valence-electron chi connectivity index (χ2n) is 9.73. The number of ketones is 1. The third-order valence-electron chi connectivity index (χ3n) is 8.20. The van der Waals surface area contributed by atoms with Gasteiger partial charge in [0.25, 0.3) is 0 Å². The summed E-state index contributed by atoms with van der Waals surface area (Å²) in [6.07, 6.45) is 6.30. The third kappa shape index (κ3) is 2.30. The summed E-state index contributed by atoms with van der Waals surface area (Å²) in [6, 6.07) is 0. The molecule has 0 aliphatic heterocycles. The molecule has 4 fully saturated rings. The van der Waals surface area contributed by atoms with Crippen LogP contribution < -0.4 is 0 Å². The highest BCUT2D eigenvalue weighted by atomic mass is 16.1. The standard InChI is InChI=1S/C20H34O/c1-12-9-14-11-15(10-13(12)2)16(14)7-8-17(21)18-19(3,4)20(18,5)6/h12-16,18H,7-11H2,1-6H3. The topological polar surface area (TPSA) is 17.1 Å². The monoisotopic (exact) mass is 290 g/mol. The molecule has 0 amide bonds. The van der Waals surface area contributed by atoms with Crippen LogP contribution in [0.1, 0.15) is 73.6 Å². The molecule has 4 unspecified atom stereocenters. The molecule has 4 aliphatic carbocycles. The van der Waals surface area contributed by atoms with Gasteiger partial charge in [0.15, 0.2) is 0 Å². The van der Waals surface area contributed by atoms with E-state index >= 15 is 0 Å². The van der Waals surface area contributed by atoms with Crippen molar-refractivity contribution in [2.45, 2.75) is 73.6 Å². The summed E-state index contributed by atoms with van der Waals surface area (Å²) in [4.78, 5) is 12.6. The van der Waals surface area contributed by atoms with Crippen LogP contribution in [0.3, 0.4) is 0 Å². The van der Waals surface area contributed by atoms with E-state index in [1.807, 2.05) is 0 Å². The fourth-order valence-electron chi connectivity index (χ4n) is 5.82. The Morgan fingerprint density at radius 2 is 1.38 bits per heavy atom. The molecule has 2 bridgehead atoms. The van der Waals surface area contributed by atoms with Gasteiger partial charge >= 0.3 is 0 Å². The number of hydrogen-bond acceptors (Lipinski definition) is 1. The van der Waals surface area contributed by atoms with E-state index in [4.69, 9.17) is 0 Å². The van der Waals surface area contributed by atoms with Crippen LogP contribution in [0.25, 0.3) is 0 Å². The number of Topliss-reactive ketones (excluding diaryl/α,β-unsaturated/α-hetero) is 1. The van der Waals surface area contributed by atoms with E-state index in [1.165, 1.54) is 25.7 Å². The van der Waals surface area contributed by atoms with Gasteiger partial charge in [0, 0.05) is 12.3 Å². The Labute approximate surface area is 131 Å².